The molecular weight excluding hydrogens is 356 g/mol. The maximum atomic E-state index is 6.36. The lowest BCUT2D eigenvalue weighted by Gasteiger charge is -2.19. The largest absolute Gasteiger partial charge is 0.223 e. The predicted octanol–water partition coefficient (Wildman–Crippen LogP) is 4.75. The van der Waals surface area contributed by atoms with Crippen LogP contribution in [0.1, 0.15) is 0 Å². The Morgan fingerprint density at radius 1 is 0.769 bits per heavy atom. The van der Waals surface area contributed by atoms with Crippen molar-refractivity contribution in [1.82, 2.24) is 9.97 Å². The van der Waals surface area contributed by atoms with E-state index in [0.29, 0.717) is 5.28 Å². The van der Waals surface area contributed by atoms with Gasteiger partial charge in [-0.15, -0.1) is 0 Å². The molecule has 1 aliphatic heterocycles. The fourth-order valence-corrected chi connectivity index (χ4v) is 7.40. The number of rotatable bonds is 1. The number of hydrogen-bond acceptors (Lipinski definition) is 2. The van der Waals surface area contributed by atoms with Crippen LogP contribution in [-0.2, 0) is 0 Å². The van der Waals surface area contributed by atoms with Crippen LogP contribution in [0.4, 0.5) is 0 Å². The number of nitrogens with zero attached hydrogens (tertiary/aromatic N) is 2. The van der Waals surface area contributed by atoms with E-state index in [9.17, 15) is 0 Å². The molecule has 0 atom stereocenters. The summed E-state index contributed by atoms with van der Waals surface area (Å²) in [5.41, 5.74) is 5.47. The molecule has 26 heavy (non-hydrogen) atoms. The third-order valence-electron chi connectivity index (χ3n) is 5.43. The summed E-state index contributed by atoms with van der Waals surface area (Å²) in [6, 6.07) is 23.4. The standard InChI is InChI=1S/C22H17ClN2Si/c1-26(2)17-11-7-6-10-15(17)19-18(26)13-12-16-20(14-8-4-3-5-9-14)24-22(23)25-21(16)19/h3-13H,1-2H3. The van der Waals surface area contributed by atoms with Gasteiger partial charge in [0.2, 0.25) is 5.28 Å². The van der Waals surface area contributed by atoms with E-state index in [1.807, 2.05) is 18.2 Å². The molecule has 0 aliphatic carbocycles. The lowest BCUT2D eigenvalue weighted by molar-refractivity contribution is 1.23. The van der Waals surface area contributed by atoms with Crippen LogP contribution >= 0.6 is 11.6 Å². The zero-order valence-electron chi connectivity index (χ0n) is 14.6. The summed E-state index contributed by atoms with van der Waals surface area (Å²) in [5, 5.41) is 4.26. The van der Waals surface area contributed by atoms with E-state index < -0.39 is 8.07 Å². The first kappa shape index (κ1) is 15.7. The van der Waals surface area contributed by atoms with Crippen LogP contribution in [0, 0.1) is 0 Å². The molecule has 4 aromatic rings. The molecule has 2 heterocycles. The topological polar surface area (TPSA) is 25.8 Å². The average molecular weight is 373 g/mol. The first-order valence-electron chi connectivity index (χ1n) is 8.73. The van der Waals surface area contributed by atoms with Crippen molar-refractivity contribution in [3.63, 3.8) is 0 Å². The second kappa shape index (κ2) is 5.50. The van der Waals surface area contributed by atoms with Crippen LogP contribution in [0.2, 0.25) is 18.4 Å². The third kappa shape index (κ3) is 2.11. The van der Waals surface area contributed by atoms with Crippen LogP contribution in [0.25, 0.3) is 33.3 Å². The molecule has 3 aromatic carbocycles. The minimum absolute atomic E-state index is 0.300. The van der Waals surface area contributed by atoms with Crippen molar-refractivity contribution in [1.29, 1.82) is 0 Å². The Morgan fingerprint density at radius 3 is 2.31 bits per heavy atom. The molecule has 0 saturated carbocycles. The first-order chi connectivity index (χ1) is 12.6. The molecule has 0 N–H and O–H groups in total. The summed E-state index contributed by atoms with van der Waals surface area (Å²) < 4.78 is 0. The lowest BCUT2D eigenvalue weighted by atomic mass is 9.99. The van der Waals surface area contributed by atoms with Gasteiger partial charge in [0.25, 0.3) is 0 Å². The molecule has 0 fully saturated rings. The number of fused-ring (bicyclic) bond motifs is 5. The number of aromatic nitrogens is 2. The Bertz CT molecular complexity index is 1170. The molecule has 4 heteroatoms. The number of hydrogen-bond donors (Lipinski definition) is 0. The van der Waals surface area contributed by atoms with Crippen LogP contribution in [0.3, 0.4) is 0 Å². The minimum atomic E-state index is -1.72. The zero-order chi connectivity index (χ0) is 17.9. The fourth-order valence-electron chi connectivity index (χ4n) is 4.17. The predicted molar refractivity (Wildman–Crippen MR) is 112 cm³/mol. The Morgan fingerprint density at radius 2 is 1.50 bits per heavy atom. The highest BCUT2D eigenvalue weighted by Crippen LogP contribution is 2.36. The smallest absolute Gasteiger partial charge is 0.217 e. The third-order valence-corrected chi connectivity index (χ3v) is 9.15. The molecule has 0 unspecified atom stereocenters. The maximum absolute atomic E-state index is 6.36. The summed E-state index contributed by atoms with van der Waals surface area (Å²) >= 11 is 6.36. The van der Waals surface area contributed by atoms with Gasteiger partial charge in [0, 0.05) is 16.5 Å². The van der Waals surface area contributed by atoms with Crippen LogP contribution < -0.4 is 10.4 Å². The second-order valence-electron chi connectivity index (χ2n) is 7.26. The minimum Gasteiger partial charge on any atom is -0.217 e. The summed E-state index contributed by atoms with van der Waals surface area (Å²) in [6.07, 6.45) is 0. The van der Waals surface area contributed by atoms with E-state index >= 15 is 0 Å². The molecule has 0 spiro atoms. The van der Waals surface area contributed by atoms with E-state index in [1.54, 1.807) is 0 Å². The second-order valence-corrected chi connectivity index (χ2v) is 11.9. The summed E-state index contributed by atoms with van der Waals surface area (Å²) in [5.74, 6) is 0. The van der Waals surface area contributed by atoms with Gasteiger partial charge < -0.3 is 0 Å². The molecular formula is C22H17ClN2Si. The normalized spacial score (nSPS) is 14.3. The van der Waals surface area contributed by atoms with Gasteiger partial charge in [0.1, 0.15) is 8.07 Å². The van der Waals surface area contributed by atoms with Gasteiger partial charge in [-0.05, 0) is 27.5 Å². The Kier molecular flexibility index (Phi) is 3.33. The van der Waals surface area contributed by atoms with Gasteiger partial charge in [-0.3, -0.25) is 0 Å². The Hall–Kier alpha value is -2.49. The van der Waals surface area contributed by atoms with Gasteiger partial charge in [0.05, 0.1) is 11.2 Å². The lowest BCUT2D eigenvalue weighted by Crippen LogP contribution is -2.49. The highest BCUT2D eigenvalue weighted by atomic mass is 35.5. The highest BCUT2D eigenvalue weighted by molar-refractivity contribution is 7.04. The zero-order valence-corrected chi connectivity index (χ0v) is 16.4. The first-order valence-corrected chi connectivity index (χ1v) is 12.1. The maximum Gasteiger partial charge on any atom is 0.223 e. The molecule has 1 aromatic heterocycles. The van der Waals surface area contributed by atoms with Crippen molar-refractivity contribution < 1.29 is 0 Å². The molecule has 0 radical (unpaired) electrons. The van der Waals surface area contributed by atoms with E-state index in [-0.39, 0.29) is 0 Å². The van der Waals surface area contributed by atoms with Crippen LogP contribution in [0.5, 0.6) is 0 Å². The van der Waals surface area contributed by atoms with Gasteiger partial charge in [-0.2, -0.15) is 0 Å². The van der Waals surface area contributed by atoms with Crippen molar-refractivity contribution in [2.24, 2.45) is 0 Å². The average Bonchev–Trinajstić information content (AvgIpc) is 2.90. The molecule has 1 aliphatic rings. The van der Waals surface area contributed by atoms with Crippen LogP contribution in [-0.4, -0.2) is 18.0 Å². The van der Waals surface area contributed by atoms with E-state index in [1.165, 1.54) is 21.5 Å². The van der Waals surface area contributed by atoms with Gasteiger partial charge in [-0.25, -0.2) is 9.97 Å². The summed E-state index contributed by atoms with van der Waals surface area (Å²) in [7, 11) is -1.72. The molecule has 5 rings (SSSR count). The summed E-state index contributed by atoms with van der Waals surface area (Å²) in [4.78, 5) is 9.23. The monoisotopic (exact) mass is 372 g/mol. The molecule has 0 bridgehead atoms. The van der Waals surface area contributed by atoms with Crippen molar-refractivity contribution in [2.45, 2.75) is 13.1 Å². The van der Waals surface area contributed by atoms with Crippen molar-refractivity contribution in [2.75, 3.05) is 0 Å². The van der Waals surface area contributed by atoms with Crippen molar-refractivity contribution in [3.05, 3.63) is 72.0 Å². The Balaban J connectivity index is 1.92. The van der Waals surface area contributed by atoms with E-state index in [4.69, 9.17) is 11.6 Å². The highest BCUT2D eigenvalue weighted by Gasteiger charge is 2.38. The Labute approximate surface area is 158 Å². The number of benzene rings is 3. The van der Waals surface area contributed by atoms with Crippen molar-refractivity contribution in [3.8, 4) is 22.4 Å². The molecule has 2 nitrogen and oxygen atoms in total. The molecule has 0 saturated heterocycles. The quantitative estimate of drug-likeness (QED) is 0.356. The summed E-state index contributed by atoms with van der Waals surface area (Å²) in [6.45, 7) is 4.81. The fraction of sp³-hybridized carbons (Fsp3) is 0.0909. The molecule has 0 amide bonds. The number of halogens is 1. The van der Waals surface area contributed by atoms with Gasteiger partial charge in [0.15, 0.2) is 0 Å². The van der Waals surface area contributed by atoms with Crippen molar-refractivity contribution >= 4 is 41.0 Å². The van der Waals surface area contributed by atoms with Crippen LogP contribution in [0.15, 0.2) is 66.7 Å². The molecule has 126 valence electrons. The van der Waals surface area contributed by atoms with Gasteiger partial charge >= 0.3 is 0 Å². The van der Waals surface area contributed by atoms with E-state index in [2.05, 4.69) is 71.6 Å². The SMILES string of the molecule is C[Si]1(C)c2ccccc2-c2c1ccc1c(-c3ccccc3)nc(Cl)nc21. The van der Waals surface area contributed by atoms with Gasteiger partial charge in [-0.1, -0.05) is 79.8 Å². The van der Waals surface area contributed by atoms with E-state index in [0.717, 1.165) is 22.2 Å².